The topological polar surface area (TPSA) is 67.4 Å². The van der Waals surface area contributed by atoms with Gasteiger partial charge in [-0.1, -0.05) is 18.5 Å². The number of amides is 1. The molecule has 0 spiro atoms. The highest BCUT2D eigenvalue weighted by molar-refractivity contribution is 7.99. The Kier molecular flexibility index (Phi) is 5.50. The second kappa shape index (κ2) is 7.15. The number of hydrogen-bond donors (Lipinski definition) is 2. The molecule has 1 aliphatic heterocycles. The highest BCUT2D eigenvalue weighted by Gasteiger charge is 2.30. The van der Waals surface area contributed by atoms with Gasteiger partial charge in [0.1, 0.15) is 6.04 Å². The van der Waals surface area contributed by atoms with E-state index >= 15 is 0 Å². The maximum Gasteiger partial charge on any atom is 0.306 e. The van der Waals surface area contributed by atoms with Gasteiger partial charge in [0.15, 0.2) is 0 Å². The number of hydrogen-bond acceptors (Lipinski definition) is 5. The van der Waals surface area contributed by atoms with Gasteiger partial charge in [0, 0.05) is 21.9 Å². The molecule has 1 atom stereocenters. The number of esters is 1. The highest BCUT2D eigenvalue weighted by atomic mass is 35.5. The van der Waals surface area contributed by atoms with E-state index in [1.54, 1.807) is 0 Å². The summed E-state index contributed by atoms with van der Waals surface area (Å²) in [6.45, 7) is 2.65. The summed E-state index contributed by atoms with van der Waals surface area (Å²) in [7, 11) is 1.37. The van der Waals surface area contributed by atoms with Crippen LogP contribution in [-0.2, 0) is 14.3 Å². The molecule has 2 N–H and O–H groups in total. The summed E-state index contributed by atoms with van der Waals surface area (Å²) in [5, 5.41) is 6.56. The van der Waals surface area contributed by atoms with Gasteiger partial charge in [-0.3, -0.25) is 9.59 Å². The van der Waals surface area contributed by atoms with Gasteiger partial charge in [0.2, 0.25) is 5.91 Å². The third-order valence-electron chi connectivity index (χ3n) is 3.13. The number of benzene rings is 1. The van der Waals surface area contributed by atoms with Crippen LogP contribution in [0, 0.1) is 0 Å². The van der Waals surface area contributed by atoms with Crippen LogP contribution in [0.2, 0.25) is 5.02 Å². The smallest absolute Gasteiger partial charge is 0.306 e. The Balaban J connectivity index is 2.11. The zero-order valence-corrected chi connectivity index (χ0v) is 13.4. The summed E-state index contributed by atoms with van der Waals surface area (Å²) in [6.07, 6.45) is 0.320. The molecule has 0 radical (unpaired) electrons. The number of ether oxygens (including phenoxy) is 1. The molecule has 7 heteroatoms. The Morgan fingerprint density at radius 1 is 1.52 bits per heavy atom. The van der Waals surface area contributed by atoms with Crippen LogP contribution in [-0.4, -0.2) is 31.3 Å². The van der Waals surface area contributed by atoms with Crippen molar-refractivity contribution in [2.45, 2.75) is 24.3 Å². The Morgan fingerprint density at radius 2 is 2.29 bits per heavy atom. The molecule has 0 bridgehead atoms. The average Bonchev–Trinajstić information content (AvgIpc) is 2.75. The maximum atomic E-state index is 11.9. The Bertz CT molecular complexity index is 565. The molecule has 1 amide bonds. The van der Waals surface area contributed by atoms with Gasteiger partial charge in [-0.15, -0.1) is 11.8 Å². The summed E-state index contributed by atoms with van der Waals surface area (Å²) in [4.78, 5) is 23.8. The van der Waals surface area contributed by atoms with Crippen molar-refractivity contribution in [2.75, 3.05) is 24.7 Å². The number of rotatable bonds is 6. The third-order valence-corrected chi connectivity index (χ3v) is 4.62. The molecule has 0 saturated heterocycles. The maximum absolute atomic E-state index is 11.9. The predicted molar refractivity (Wildman–Crippen MR) is 83.9 cm³/mol. The summed E-state index contributed by atoms with van der Waals surface area (Å²) in [6, 6.07) is 3.31. The lowest BCUT2D eigenvalue weighted by molar-refractivity contribution is -0.140. The normalized spacial score (nSPS) is 16.5. The van der Waals surface area contributed by atoms with Crippen LogP contribution < -0.4 is 10.6 Å². The number of nitrogens with one attached hydrogen (secondary N) is 2. The molecule has 1 heterocycles. The quantitative estimate of drug-likeness (QED) is 0.620. The van der Waals surface area contributed by atoms with Crippen LogP contribution in [0.25, 0.3) is 0 Å². The predicted octanol–water partition coefficient (Wildman–Crippen LogP) is 2.60. The van der Waals surface area contributed by atoms with E-state index in [0.29, 0.717) is 23.7 Å². The van der Waals surface area contributed by atoms with Crippen molar-refractivity contribution >= 4 is 40.9 Å². The first-order chi connectivity index (χ1) is 10.1. The van der Waals surface area contributed by atoms with Crippen LogP contribution in [0.1, 0.15) is 24.9 Å². The second-order valence-electron chi connectivity index (χ2n) is 4.52. The molecule has 114 valence electrons. The largest absolute Gasteiger partial charge is 0.469 e. The molecule has 1 aromatic carbocycles. The van der Waals surface area contributed by atoms with Gasteiger partial charge in [-0.25, -0.2) is 0 Å². The minimum atomic E-state index is -0.350. The van der Waals surface area contributed by atoms with Crippen molar-refractivity contribution in [3.05, 3.63) is 22.7 Å². The molecule has 1 unspecified atom stereocenters. The minimum absolute atomic E-state index is 0.0698. The number of likely N-dealkylation sites (N-methyl/N-ethyl adjacent to an activating group) is 1. The van der Waals surface area contributed by atoms with Crippen molar-refractivity contribution in [1.29, 1.82) is 0 Å². The van der Waals surface area contributed by atoms with Crippen molar-refractivity contribution < 1.29 is 14.3 Å². The lowest BCUT2D eigenvalue weighted by Gasteiger charge is -2.11. The molecule has 0 aromatic heterocycles. The van der Waals surface area contributed by atoms with Crippen LogP contribution in [0.15, 0.2) is 17.0 Å². The second-order valence-corrected chi connectivity index (χ2v) is 6.07. The first-order valence-corrected chi connectivity index (χ1v) is 8.00. The summed E-state index contributed by atoms with van der Waals surface area (Å²) in [5.41, 5.74) is 1.64. The fourth-order valence-corrected chi connectivity index (χ4v) is 3.35. The van der Waals surface area contributed by atoms with Gasteiger partial charge in [0.25, 0.3) is 0 Å². The summed E-state index contributed by atoms with van der Waals surface area (Å²) >= 11 is 7.73. The molecule has 5 nitrogen and oxygen atoms in total. The van der Waals surface area contributed by atoms with Crippen LogP contribution in [0.5, 0.6) is 0 Å². The van der Waals surface area contributed by atoms with E-state index in [-0.39, 0.29) is 17.9 Å². The Morgan fingerprint density at radius 3 is 2.95 bits per heavy atom. The number of carbonyl (C=O) groups is 2. The molecular formula is C14H17ClN2O3S. The van der Waals surface area contributed by atoms with E-state index in [4.69, 9.17) is 11.6 Å². The fraction of sp³-hybridized carbons (Fsp3) is 0.429. The summed E-state index contributed by atoms with van der Waals surface area (Å²) in [5.74, 6) is 0.260. The van der Waals surface area contributed by atoms with Gasteiger partial charge in [0.05, 0.1) is 18.6 Å². The molecule has 21 heavy (non-hydrogen) atoms. The van der Waals surface area contributed by atoms with E-state index < -0.39 is 0 Å². The van der Waals surface area contributed by atoms with E-state index in [2.05, 4.69) is 15.4 Å². The van der Waals surface area contributed by atoms with Crippen molar-refractivity contribution in [1.82, 2.24) is 5.32 Å². The van der Waals surface area contributed by atoms with Crippen molar-refractivity contribution in [3.8, 4) is 0 Å². The number of carbonyl (C=O) groups excluding carboxylic acids is 2. The monoisotopic (exact) mass is 328 g/mol. The van der Waals surface area contributed by atoms with Crippen LogP contribution in [0.4, 0.5) is 5.69 Å². The lowest BCUT2D eigenvalue weighted by atomic mass is 10.1. The number of fused-ring (bicyclic) bond motifs is 1. The van der Waals surface area contributed by atoms with Crippen LogP contribution in [0.3, 0.4) is 0 Å². The zero-order valence-electron chi connectivity index (χ0n) is 11.9. The Labute approximate surface area is 132 Å². The van der Waals surface area contributed by atoms with E-state index in [1.165, 1.54) is 18.9 Å². The highest BCUT2D eigenvalue weighted by Crippen LogP contribution is 2.39. The van der Waals surface area contributed by atoms with Gasteiger partial charge < -0.3 is 15.4 Å². The minimum Gasteiger partial charge on any atom is -0.469 e. The first-order valence-electron chi connectivity index (χ1n) is 6.64. The Hall–Kier alpha value is -1.24. The van der Waals surface area contributed by atoms with E-state index in [1.807, 2.05) is 19.1 Å². The SMILES string of the molecule is CCNC1C(=O)Nc2cc(SCCC(=O)OC)c(Cl)cc21. The molecule has 2 rings (SSSR count). The number of methoxy groups -OCH3 is 1. The van der Waals surface area contributed by atoms with Crippen molar-refractivity contribution in [3.63, 3.8) is 0 Å². The van der Waals surface area contributed by atoms with Crippen LogP contribution >= 0.6 is 23.4 Å². The first kappa shape index (κ1) is 16.1. The summed E-state index contributed by atoms with van der Waals surface area (Å²) < 4.78 is 4.60. The average molecular weight is 329 g/mol. The standard InChI is InChI=1S/C14H17ClN2O3S/c1-3-16-13-8-6-9(15)11(7-10(8)17-14(13)19)21-5-4-12(18)20-2/h6-7,13,16H,3-5H2,1-2H3,(H,17,19). The number of anilines is 1. The van der Waals surface area contributed by atoms with Gasteiger partial charge in [-0.05, 0) is 18.7 Å². The molecule has 0 fully saturated rings. The van der Waals surface area contributed by atoms with Gasteiger partial charge in [-0.2, -0.15) is 0 Å². The molecular weight excluding hydrogens is 312 g/mol. The third kappa shape index (κ3) is 3.70. The molecule has 1 aliphatic rings. The molecule has 0 saturated carbocycles. The fourth-order valence-electron chi connectivity index (χ4n) is 2.13. The van der Waals surface area contributed by atoms with E-state index in [9.17, 15) is 9.59 Å². The number of halogens is 1. The zero-order chi connectivity index (χ0) is 15.4. The van der Waals surface area contributed by atoms with Crippen molar-refractivity contribution in [2.24, 2.45) is 0 Å². The molecule has 0 aliphatic carbocycles. The van der Waals surface area contributed by atoms with E-state index in [0.717, 1.165) is 16.1 Å². The molecule has 1 aromatic rings. The lowest BCUT2D eigenvalue weighted by Crippen LogP contribution is -2.27. The van der Waals surface area contributed by atoms with Gasteiger partial charge >= 0.3 is 5.97 Å². The number of thioether (sulfide) groups is 1.